The maximum absolute atomic E-state index is 13.5. The van der Waals surface area contributed by atoms with E-state index >= 15 is 0 Å². The van der Waals surface area contributed by atoms with Crippen molar-refractivity contribution in [2.45, 2.75) is 16.2 Å². The molecule has 0 saturated carbocycles. The molecule has 2 amide bonds. The van der Waals surface area contributed by atoms with Crippen molar-refractivity contribution in [3.05, 3.63) is 68.6 Å². The van der Waals surface area contributed by atoms with Gasteiger partial charge in [0, 0.05) is 16.4 Å². The minimum absolute atomic E-state index is 0.0306. The summed E-state index contributed by atoms with van der Waals surface area (Å²) in [6, 6.07) is 13.5. The Bertz CT molecular complexity index is 1220. The summed E-state index contributed by atoms with van der Waals surface area (Å²) >= 11 is 2.22. The predicted octanol–water partition coefficient (Wildman–Crippen LogP) is 2.95. The van der Waals surface area contributed by atoms with Gasteiger partial charge in [-0.1, -0.05) is 41.3 Å². The van der Waals surface area contributed by atoms with Gasteiger partial charge in [0.1, 0.15) is 16.7 Å². The first-order valence-corrected chi connectivity index (χ1v) is 10.9. The van der Waals surface area contributed by atoms with E-state index in [1.54, 1.807) is 55.6 Å². The molecule has 0 bridgehead atoms. The van der Waals surface area contributed by atoms with E-state index in [9.17, 15) is 19.5 Å². The molecule has 5 rings (SSSR count). The van der Waals surface area contributed by atoms with Gasteiger partial charge in [-0.05, 0) is 30.3 Å². The Labute approximate surface area is 179 Å². The van der Waals surface area contributed by atoms with Crippen LogP contribution < -0.4 is 14.5 Å². The van der Waals surface area contributed by atoms with Crippen LogP contribution in [-0.2, 0) is 9.59 Å². The Hall–Kier alpha value is -3.04. The lowest BCUT2D eigenvalue weighted by molar-refractivity contribution is -0.122. The number of aromatic hydroxyl groups is 1. The fourth-order valence-electron chi connectivity index (χ4n) is 4.09. The number of phenols is 1. The number of ether oxygens (including phenoxy) is 1. The molecule has 2 N–H and O–H groups in total. The molecular weight excluding hydrogens is 424 g/mol. The lowest BCUT2D eigenvalue weighted by Gasteiger charge is -2.30. The predicted molar refractivity (Wildman–Crippen MR) is 114 cm³/mol. The van der Waals surface area contributed by atoms with Crippen LogP contribution in [0.1, 0.15) is 16.4 Å². The van der Waals surface area contributed by atoms with E-state index in [4.69, 9.17) is 4.74 Å². The van der Waals surface area contributed by atoms with E-state index in [2.05, 4.69) is 4.98 Å². The maximum Gasteiger partial charge on any atom is 0.305 e. The number of H-pyrrole nitrogens is 1. The van der Waals surface area contributed by atoms with Crippen LogP contribution in [0, 0.1) is 5.92 Å². The molecular formula is C21H16N2O5S2. The largest absolute Gasteiger partial charge is 0.508 e. The highest BCUT2D eigenvalue weighted by atomic mass is 32.2. The summed E-state index contributed by atoms with van der Waals surface area (Å²) in [5, 5.41) is 10.4. The molecule has 9 heteroatoms. The molecule has 1 saturated heterocycles. The number of aromatic nitrogens is 1. The van der Waals surface area contributed by atoms with Crippen molar-refractivity contribution in [1.29, 1.82) is 0 Å². The Morgan fingerprint density at radius 1 is 1.03 bits per heavy atom. The van der Waals surface area contributed by atoms with Gasteiger partial charge in [-0.2, -0.15) is 0 Å². The van der Waals surface area contributed by atoms with E-state index < -0.39 is 17.1 Å². The van der Waals surface area contributed by atoms with Crippen molar-refractivity contribution >= 4 is 40.6 Å². The Morgan fingerprint density at radius 3 is 2.47 bits per heavy atom. The zero-order valence-corrected chi connectivity index (χ0v) is 17.3. The summed E-state index contributed by atoms with van der Waals surface area (Å²) in [7, 11) is 1.54. The average Bonchev–Trinajstić information content (AvgIpc) is 3.24. The fraction of sp³-hybridized carbons (Fsp3) is 0.190. The number of fused-ring (bicyclic) bond motifs is 2. The topological polar surface area (TPSA) is 99.7 Å². The van der Waals surface area contributed by atoms with Crippen LogP contribution in [0.4, 0.5) is 5.69 Å². The van der Waals surface area contributed by atoms with Crippen molar-refractivity contribution in [1.82, 2.24) is 4.98 Å². The molecule has 2 aliphatic heterocycles. The standard InChI is InChI=1S/C21H16N2O5S2/c1-28-11-8-6-10(7-9-11)23-19(25)15-14(12-4-2-3-5-13(12)24)16-18(22-21(27)30-16)29-17(15)20(23)26/h2-9,14-15,17,24H,1H3,(H,22,27)/t14-,15?,17?/m1/s1. The van der Waals surface area contributed by atoms with Gasteiger partial charge in [0.05, 0.1) is 23.7 Å². The Morgan fingerprint density at radius 2 is 1.77 bits per heavy atom. The third kappa shape index (κ3) is 2.77. The van der Waals surface area contributed by atoms with E-state index in [0.717, 1.165) is 11.3 Å². The molecule has 1 aromatic heterocycles. The second-order valence-electron chi connectivity index (χ2n) is 7.02. The summed E-state index contributed by atoms with van der Waals surface area (Å²) in [6.45, 7) is 0. The Kier molecular flexibility index (Phi) is 4.44. The summed E-state index contributed by atoms with van der Waals surface area (Å²) in [5.41, 5.74) is 0.996. The first kappa shape index (κ1) is 19.0. The van der Waals surface area contributed by atoms with Crippen LogP contribution >= 0.6 is 23.1 Å². The minimum Gasteiger partial charge on any atom is -0.508 e. The number of hydrogen-bond acceptors (Lipinski definition) is 7. The monoisotopic (exact) mass is 440 g/mol. The van der Waals surface area contributed by atoms with Crippen molar-refractivity contribution < 1.29 is 19.4 Å². The highest BCUT2D eigenvalue weighted by Crippen LogP contribution is 2.54. The first-order chi connectivity index (χ1) is 14.5. The molecule has 0 spiro atoms. The van der Waals surface area contributed by atoms with Crippen molar-refractivity contribution in [3.63, 3.8) is 0 Å². The number of imide groups is 1. The number of thioether (sulfide) groups is 1. The van der Waals surface area contributed by atoms with Gasteiger partial charge in [0.25, 0.3) is 0 Å². The molecule has 0 radical (unpaired) electrons. The van der Waals surface area contributed by atoms with Gasteiger partial charge in [0.2, 0.25) is 11.8 Å². The number of amides is 2. The zero-order chi connectivity index (χ0) is 21.0. The number of carbonyl (C=O) groups is 2. The molecule has 0 aliphatic carbocycles. The van der Waals surface area contributed by atoms with E-state index in [0.29, 0.717) is 26.9 Å². The molecule has 3 aromatic rings. The summed E-state index contributed by atoms with van der Waals surface area (Å²) in [6.07, 6.45) is 0. The quantitative estimate of drug-likeness (QED) is 0.608. The summed E-state index contributed by atoms with van der Waals surface area (Å²) in [4.78, 5) is 43.2. The van der Waals surface area contributed by atoms with E-state index in [-0.39, 0.29) is 22.4 Å². The number of anilines is 1. The second kappa shape index (κ2) is 7.03. The highest BCUT2D eigenvalue weighted by Gasteiger charge is 2.56. The summed E-state index contributed by atoms with van der Waals surface area (Å²) < 4.78 is 5.16. The lowest BCUT2D eigenvalue weighted by atomic mass is 9.82. The average molecular weight is 441 g/mol. The van der Waals surface area contributed by atoms with Crippen LogP contribution in [0.5, 0.6) is 11.5 Å². The molecule has 3 heterocycles. The Balaban J connectivity index is 1.64. The SMILES string of the molecule is COc1ccc(N2C(=O)C3Sc4[nH]c(=O)sc4[C@H](c4ccccc4O)C3C2=O)cc1. The van der Waals surface area contributed by atoms with Crippen molar-refractivity contribution in [2.24, 2.45) is 5.92 Å². The second-order valence-corrected chi connectivity index (χ2v) is 9.19. The number of nitrogens with one attached hydrogen (secondary N) is 1. The molecule has 3 atom stereocenters. The van der Waals surface area contributed by atoms with Gasteiger partial charge in [-0.3, -0.25) is 14.4 Å². The van der Waals surface area contributed by atoms with Crippen molar-refractivity contribution in [2.75, 3.05) is 12.0 Å². The number of methoxy groups -OCH3 is 1. The number of rotatable bonds is 3. The third-order valence-electron chi connectivity index (χ3n) is 5.43. The number of aromatic amines is 1. The fourth-order valence-corrected chi connectivity index (χ4v) is 6.59. The van der Waals surface area contributed by atoms with Crippen LogP contribution in [0.2, 0.25) is 0 Å². The number of para-hydroxylation sites is 1. The molecule has 2 unspecified atom stereocenters. The van der Waals surface area contributed by atoms with Crippen molar-refractivity contribution in [3.8, 4) is 11.5 Å². The maximum atomic E-state index is 13.5. The van der Waals surface area contributed by atoms with Gasteiger partial charge >= 0.3 is 4.87 Å². The number of carbonyl (C=O) groups excluding carboxylic acids is 2. The van der Waals surface area contributed by atoms with Gasteiger partial charge in [-0.25, -0.2) is 4.90 Å². The lowest BCUT2D eigenvalue weighted by Crippen LogP contribution is -2.32. The number of phenolic OH excluding ortho intramolecular Hbond substituents is 1. The molecule has 2 aromatic carbocycles. The molecule has 30 heavy (non-hydrogen) atoms. The number of thiazole rings is 1. The van der Waals surface area contributed by atoms with E-state index in [1.165, 1.54) is 16.7 Å². The zero-order valence-electron chi connectivity index (χ0n) is 15.7. The minimum atomic E-state index is -0.725. The number of hydrogen-bond donors (Lipinski definition) is 2. The van der Waals surface area contributed by atoms with Crippen LogP contribution in [0.15, 0.2) is 58.4 Å². The number of benzene rings is 2. The highest BCUT2D eigenvalue weighted by molar-refractivity contribution is 8.00. The van der Waals surface area contributed by atoms with Gasteiger partial charge < -0.3 is 14.8 Å². The van der Waals surface area contributed by atoms with Crippen LogP contribution in [-0.4, -0.2) is 34.3 Å². The van der Waals surface area contributed by atoms with Gasteiger partial charge in [-0.15, -0.1) is 0 Å². The molecule has 1 fully saturated rings. The summed E-state index contributed by atoms with van der Waals surface area (Å²) in [5.74, 6) is -1.34. The van der Waals surface area contributed by atoms with E-state index in [1.807, 2.05) is 0 Å². The first-order valence-electron chi connectivity index (χ1n) is 9.19. The molecule has 152 valence electrons. The molecule has 2 aliphatic rings. The smallest absolute Gasteiger partial charge is 0.305 e. The van der Waals surface area contributed by atoms with Crippen LogP contribution in [0.3, 0.4) is 0 Å². The van der Waals surface area contributed by atoms with Crippen LogP contribution in [0.25, 0.3) is 0 Å². The third-order valence-corrected chi connectivity index (χ3v) is 7.83. The number of nitrogens with zero attached hydrogens (tertiary/aromatic N) is 1. The molecule has 7 nitrogen and oxygen atoms in total. The van der Waals surface area contributed by atoms with Gasteiger partial charge in [0.15, 0.2) is 0 Å². The normalized spacial score (nSPS) is 22.7.